The molecular weight excluding hydrogens is 454 g/mol. The lowest BCUT2D eigenvalue weighted by Crippen LogP contribution is -2.31. The van der Waals surface area contributed by atoms with Crippen LogP contribution in [-0.4, -0.2) is 36.3 Å². The number of rotatable bonds is 8. The van der Waals surface area contributed by atoms with Gasteiger partial charge in [0.15, 0.2) is 4.80 Å². The molecule has 6 nitrogen and oxygen atoms in total. The molecule has 0 unspecified atom stereocenters. The third-order valence-electron chi connectivity index (χ3n) is 4.56. The van der Waals surface area contributed by atoms with Crippen molar-refractivity contribution in [3.05, 3.63) is 83.2 Å². The molecule has 1 amide bonds. The number of aromatic nitrogens is 1. The molecule has 0 aliphatic rings. The van der Waals surface area contributed by atoms with Crippen molar-refractivity contribution in [1.29, 1.82) is 0 Å². The smallest absolute Gasteiger partial charge is 0.279 e. The van der Waals surface area contributed by atoms with Crippen molar-refractivity contribution in [2.75, 3.05) is 13.1 Å². The van der Waals surface area contributed by atoms with Crippen LogP contribution < -0.4 is 4.80 Å². The monoisotopic (exact) mass is 475 g/mol. The molecule has 0 aliphatic heterocycles. The Morgan fingerprint density at radius 1 is 1.16 bits per heavy atom. The number of amides is 1. The standard InChI is InChI=1S/C22H22ClN3O3S2/c1-4-13-25(14-5-2)31(28,29)18-10-7-16(8-11-18)21(27)24-22-26(6-3)19-12-9-17(23)15-20(19)30-22/h4-5,7-12,15H,1-2,6,13-14H2,3H3. The van der Waals surface area contributed by atoms with E-state index in [1.54, 1.807) is 6.07 Å². The maximum atomic E-state index is 12.8. The van der Waals surface area contributed by atoms with Gasteiger partial charge in [0, 0.05) is 30.2 Å². The van der Waals surface area contributed by atoms with Crippen molar-refractivity contribution < 1.29 is 13.2 Å². The first-order valence-corrected chi connectivity index (χ1v) is 12.1. The Kier molecular flexibility index (Phi) is 7.27. The highest BCUT2D eigenvalue weighted by Gasteiger charge is 2.22. The van der Waals surface area contributed by atoms with Crippen LogP contribution in [-0.2, 0) is 16.6 Å². The molecule has 31 heavy (non-hydrogen) atoms. The third kappa shape index (κ3) is 4.88. The molecule has 0 spiro atoms. The van der Waals surface area contributed by atoms with E-state index in [1.807, 2.05) is 23.6 Å². The normalized spacial score (nSPS) is 12.4. The first kappa shape index (κ1) is 23.1. The summed E-state index contributed by atoms with van der Waals surface area (Å²) >= 11 is 7.45. The topological polar surface area (TPSA) is 71.7 Å². The highest BCUT2D eigenvalue weighted by Crippen LogP contribution is 2.22. The van der Waals surface area contributed by atoms with E-state index in [0.717, 1.165) is 10.2 Å². The SMILES string of the molecule is C=CCN(CC=C)S(=O)(=O)c1ccc(C(=O)N=c2sc3cc(Cl)ccc3n2CC)cc1. The largest absolute Gasteiger partial charge is 0.317 e. The lowest BCUT2D eigenvalue weighted by molar-refractivity contribution is 0.0997. The third-order valence-corrected chi connectivity index (χ3v) is 7.68. The van der Waals surface area contributed by atoms with Gasteiger partial charge in [0.1, 0.15) is 0 Å². The molecule has 1 aromatic heterocycles. The van der Waals surface area contributed by atoms with Crippen molar-refractivity contribution in [3.63, 3.8) is 0 Å². The highest BCUT2D eigenvalue weighted by atomic mass is 35.5. The zero-order valence-corrected chi connectivity index (χ0v) is 19.4. The summed E-state index contributed by atoms with van der Waals surface area (Å²) in [7, 11) is -3.72. The second-order valence-corrected chi connectivity index (χ2v) is 9.97. The Balaban J connectivity index is 1.95. The van der Waals surface area contributed by atoms with Gasteiger partial charge in [-0.25, -0.2) is 8.42 Å². The van der Waals surface area contributed by atoms with Crippen LogP contribution in [0.5, 0.6) is 0 Å². The molecule has 0 saturated carbocycles. The van der Waals surface area contributed by atoms with E-state index in [-0.39, 0.29) is 18.0 Å². The predicted octanol–water partition coefficient (Wildman–Crippen LogP) is 4.48. The van der Waals surface area contributed by atoms with Crippen molar-refractivity contribution in [3.8, 4) is 0 Å². The molecule has 0 radical (unpaired) electrons. The summed E-state index contributed by atoms with van der Waals surface area (Å²) < 4.78 is 29.7. The molecule has 2 aromatic carbocycles. The maximum absolute atomic E-state index is 12.8. The number of aryl methyl sites for hydroxylation is 1. The van der Waals surface area contributed by atoms with E-state index in [2.05, 4.69) is 18.2 Å². The number of hydrogen-bond acceptors (Lipinski definition) is 4. The molecule has 0 bridgehead atoms. The quantitative estimate of drug-likeness (QED) is 0.451. The molecule has 0 saturated heterocycles. The van der Waals surface area contributed by atoms with Gasteiger partial charge in [-0.15, -0.1) is 13.2 Å². The first-order chi connectivity index (χ1) is 14.8. The lowest BCUT2D eigenvalue weighted by Gasteiger charge is -2.19. The molecule has 162 valence electrons. The average Bonchev–Trinajstić information content (AvgIpc) is 3.09. The van der Waals surface area contributed by atoms with Crippen LogP contribution in [0.1, 0.15) is 17.3 Å². The number of carbonyl (C=O) groups is 1. The summed E-state index contributed by atoms with van der Waals surface area (Å²) in [4.78, 5) is 17.7. The second-order valence-electron chi connectivity index (χ2n) is 6.58. The van der Waals surface area contributed by atoms with Crippen LogP contribution in [0.3, 0.4) is 0 Å². The summed E-state index contributed by atoms with van der Waals surface area (Å²) in [5.41, 5.74) is 1.26. The average molecular weight is 476 g/mol. The van der Waals surface area contributed by atoms with Gasteiger partial charge in [0.05, 0.1) is 15.1 Å². The van der Waals surface area contributed by atoms with Crippen LogP contribution in [0.15, 0.2) is 77.7 Å². The summed E-state index contributed by atoms with van der Waals surface area (Å²) in [6.07, 6.45) is 3.03. The molecule has 9 heteroatoms. The van der Waals surface area contributed by atoms with E-state index < -0.39 is 15.9 Å². The van der Waals surface area contributed by atoms with Crippen molar-refractivity contribution in [2.45, 2.75) is 18.4 Å². The fourth-order valence-electron chi connectivity index (χ4n) is 3.07. The molecule has 0 atom stereocenters. The molecular formula is C22H22ClN3O3S2. The summed E-state index contributed by atoms with van der Waals surface area (Å²) in [6.45, 7) is 10.1. The Morgan fingerprint density at radius 2 is 1.81 bits per heavy atom. The van der Waals surface area contributed by atoms with Crippen LogP contribution >= 0.6 is 22.9 Å². The second kappa shape index (κ2) is 9.74. The van der Waals surface area contributed by atoms with E-state index >= 15 is 0 Å². The Morgan fingerprint density at radius 3 is 2.39 bits per heavy atom. The minimum atomic E-state index is -3.72. The molecule has 3 aromatic rings. The lowest BCUT2D eigenvalue weighted by atomic mass is 10.2. The van der Waals surface area contributed by atoms with E-state index in [0.29, 0.717) is 21.9 Å². The van der Waals surface area contributed by atoms with E-state index in [4.69, 9.17) is 11.6 Å². The molecule has 3 rings (SSSR count). The van der Waals surface area contributed by atoms with E-state index in [1.165, 1.54) is 52.1 Å². The van der Waals surface area contributed by atoms with E-state index in [9.17, 15) is 13.2 Å². The number of fused-ring (bicyclic) bond motifs is 1. The van der Waals surface area contributed by atoms with Gasteiger partial charge in [-0.1, -0.05) is 35.1 Å². The maximum Gasteiger partial charge on any atom is 0.279 e. The molecule has 0 fully saturated rings. The molecule has 1 heterocycles. The van der Waals surface area contributed by atoms with Crippen LogP contribution in [0.25, 0.3) is 10.2 Å². The van der Waals surface area contributed by atoms with Gasteiger partial charge in [-0.2, -0.15) is 9.30 Å². The molecule has 0 N–H and O–H groups in total. The van der Waals surface area contributed by atoms with Crippen LogP contribution in [0.4, 0.5) is 0 Å². The van der Waals surface area contributed by atoms with Crippen molar-refractivity contribution >= 4 is 49.1 Å². The Labute approximate surface area is 190 Å². The van der Waals surface area contributed by atoms with Crippen LogP contribution in [0, 0.1) is 0 Å². The Hall–Kier alpha value is -2.52. The number of hydrogen-bond donors (Lipinski definition) is 0. The zero-order chi connectivity index (χ0) is 22.6. The van der Waals surface area contributed by atoms with Gasteiger partial charge in [0.2, 0.25) is 10.0 Å². The van der Waals surface area contributed by atoms with Gasteiger partial charge in [-0.05, 0) is 49.4 Å². The number of nitrogens with zero attached hydrogens (tertiary/aromatic N) is 3. The number of thiazole rings is 1. The fourth-order valence-corrected chi connectivity index (χ4v) is 5.82. The minimum Gasteiger partial charge on any atom is -0.317 e. The summed E-state index contributed by atoms with van der Waals surface area (Å²) in [6, 6.07) is 11.3. The van der Waals surface area contributed by atoms with Gasteiger partial charge < -0.3 is 4.57 Å². The van der Waals surface area contributed by atoms with Gasteiger partial charge in [-0.3, -0.25) is 4.79 Å². The number of sulfonamides is 1. The van der Waals surface area contributed by atoms with Crippen molar-refractivity contribution in [2.24, 2.45) is 4.99 Å². The van der Waals surface area contributed by atoms with Crippen LogP contribution in [0.2, 0.25) is 5.02 Å². The number of carbonyl (C=O) groups excluding carboxylic acids is 1. The predicted molar refractivity (Wildman–Crippen MR) is 126 cm³/mol. The molecule has 0 aliphatic carbocycles. The number of halogens is 1. The highest BCUT2D eigenvalue weighted by molar-refractivity contribution is 7.89. The van der Waals surface area contributed by atoms with Gasteiger partial charge >= 0.3 is 0 Å². The Bertz CT molecular complexity index is 1300. The van der Waals surface area contributed by atoms with Crippen molar-refractivity contribution in [1.82, 2.24) is 8.87 Å². The summed E-state index contributed by atoms with van der Waals surface area (Å²) in [5.74, 6) is -0.446. The fraction of sp³-hybridized carbons (Fsp3) is 0.182. The number of benzene rings is 2. The summed E-state index contributed by atoms with van der Waals surface area (Å²) in [5, 5.41) is 0.619. The first-order valence-electron chi connectivity index (χ1n) is 9.51. The minimum absolute atomic E-state index is 0.0906. The van der Waals surface area contributed by atoms with Gasteiger partial charge in [0.25, 0.3) is 5.91 Å². The zero-order valence-electron chi connectivity index (χ0n) is 17.0.